The van der Waals surface area contributed by atoms with Gasteiger partial charge in [0.05, 0.1) is 17.6 Å². The second-order valence-electron chi connectivity index (χ2n) is 13.1. The van der Waals surface area contributed by atoms with E-state index in [1.54, 1.807) is 6.20 Å². The highest BCUT2D eigenvalue weighted by Crippen LogP contribution is 2.33. The summed E-state index contributed by atoms with van der Waals surface area (Å²) in [6.07, 6.45) is 8.75. The molecule has 0 radical (unpaired) electrons. The van der Waals surface area contributed by atoms with Crippen LogP contribution in [-0.4, -0.2) is 75.6 Å². The zero-order chi connectivity index (χ0) is 29.8. The van der Waals surface area contributed by atoms with E-state index in [-0.39, 0.29) is 12.4 Å². The Hall–Kier alpha value is -2.76. The van der Waals surface area contributed by atoms with E-state index in [0.29, 0.717) is 31.2 Å². The maximum Gasteiger partial charge on any atom is 0.160 e. The molecule has 9 nitrogen and oxygen atoms in total. The molecule has 1 aliphatic rings. The summed E-state index contributed by atoms with van der Waals surface area (Å²) in [5, 5.41) is 0. The van der Waals surface area contributed by atoms with E-state index in [2.05, 4.69) is 30.6 Å². The van der Waals surface area contributed by atoms with Crippen molar-refractivity contribution in [2.24, 2.45) is 5.41 Å². The normalized spacial score (nSPS) is 14.6. The largest absolute Gasteiger partial charge is 0.492 e. The molecule has 1 saturated heterocycles. The first kappa shape index (κ1) is 31.2. The summed E-state index contributed by atoms with van der Waals surface area (Å²) in [5.41, 5.74) is 4.42. The number of rotatable bonds is 14. The Morgan fingerprint density at radius 1 is 1.10 bits per heavy atom. The first-order chi connectivity index (χ1) is 19.2. The number of carbonyl (C=O) groups is 1. The summed E-state index contributed by atoms with van der Waals surface area (Å²) in [7, 11) is -4.34. The van der Waals surface area contributed by atoms with E-state index < -0.39 is 23.3 Å². The number of aromatic nitrogens is 3. The predicted molar refractivity (Wildman–Crippen MR) is 167 cm³/mol. The first-order valence-corrected chi connectivity index (χ1v) is 20.1. The first-order valence-electron chi connectivity index (χ1n) is 14.3. The summed E-state index contributed by atoms with van der Waals surface area (Å²) in [6, 6.07) is 7.03. The molecule has 0 spiro atoms. The van der Waals surface area contributed by atoms with Crippen LogP contribution in [0.2, 0.25) is 25.7 Å². The van der Waals surface area contributed by atoms with Crippen LogP contribution in [0, 0.1) is 5.41 Å². The summed E-state index contributed by atoms with van der Waals surface area (Å²) in [5.74, 6) is 0.552. The van der Waals surface area contributed by atoms with Crippen molar-refractivity contribution in [3.63, 3.8) is 0 Å². The van der Waals surface area contributed by atoms with Crippen LogP contribution < -0.4 is 9.64 Å². The van der Waals surface area contributed by atoms with Gasteiger partial charge in [0.1, 0.15) is 30.9 Å². The molecule has 0 N–H and O–H groups in total. The Labute approximate surface area is 245 Å². The molecule has 2 aromatic heterocycles. The summed E-state index contributed by atoms with van der Waals surface area (Å²) in [6.45, 7) is 13.9. The van der Waals surface area contributed by atoms with Gasteiger partial charge in [0.2, 0.25) is 0 Å². The number of hydrogen-bond acceptors (Lipinski definition) is 8. The average Bonchev–Trinajstić information content (AvgIpc) is 3.54. The third kappa shape index (κ3) is 8.86. The van der Waals surface area contributed by atoms with E-state index in [0.717, 1.165) is 66.2 Å². The van der Waals surface area contributed by atoms with Crippen LogP contribution in [0.3, 0.4) is 0 Å². The number of nitrogens with zero attached hydrogens (tertiary/aromatic N) is 4. The molecule has 1 aromatic carbocycles. The highest BCUT2D eigenvalue weighted by molar-refractivity contribution is 7.90. The Bertz CT molecular complexity index is 1470. The van der Waals surface area contributed by atoms with E-state index in [4.69, 9.17) is 19.4 Å². The van der Waals surface area contributed by atoms with Crippen LogP contribution in [-0.2, 0) is 32.5 Å². The van der Waals surface area contributed by atoms with Gasteiger partial charge >= 0.3 is 0 Å². The quantitative estimate of drug-likeness (QED) is 0.141. The number of aldehydes is 1. The molecule has 3 aromatic rings. The van der Waals surface area contributed by atoms with Crippen molar-refractivity contribution in [2.45, 2.75) is 65.5 Å². The van der Waals surface area contributed by atoms with Gasteiger partial charge in [-0.05, 0) is 43.0 Å². The molecule has 41 heavy (non-hydrogen) atoms. The zero-order valence-electron chi connectivity index (χ0n) is 25.3. The SMILES string of the molecule is CC(C)(C=O)Cc1cn(COCC[Si](C)(C)C)c2ncc(-c3cc(OCCS(C)(=O)=O)cc(N4CCCC4)c3)nc12. The minimum Gasteiger partial charge on any atom is -0.492 e. The summed E-state index contributed by atoms with van der Waals surface area (Å²) in [4.78, 5) is 24.0. The average molecular weight is 601 g/mol. The molecule has 0 atom stereocenters. The van der Waals surface area contributed by atoms with Crippen LogP contribution >= 0.6 is 0 Å². The highest BCUT2D eigenvalue weighted by Gasteiger charge is 2.23. The molecule has 0 amide bonds. The Kier molecular flexibility index (Phi) is 9.60. The molecule has 224 valence electrons. The van der Waals surface area contributed by atoms with Crippen molar-refractivity contribution >= 4 is 41.0 Å². The van der Waals surface area contributed by atoms with Gasteiger partial charge in [-0.15, -0.1) is 0 Å². The lowest BCUT2D eigenvalue weighted by Gasteiger charge is -2.20. The number of hydrogen-bond donors (Lipinski definition) is 0. The number of sulfone groups is 1. The zero-order valence-corrected chi connectivity index (χ0v) is 27.1. The van der Waals surface area contributed by atoms with Crippen LogP contribution in [0.1, 0.15) is 32.3 Å². The van der Waals surface area contributed by atoms with Gasteiger partial charge in [0.25, 0.3) is 0 Å². The molecule has 1 aliphatic heterocycles. The van der Waals surface area contributed by atoms with E-state index in [1.807, 2.05) is 36.7 Å². The van der Waals surface area contributed by atoms with E-state index >= 15 is 0 Å². The molecule has 0 unspecified atom stereocenters. The molecule has 3 heterocycles. The minimum atomic E-state index is -3.14. The fourth-order valence-corrected chi connectivity index (χ4v) is 5.99. The standard InChI is InChI=1S/C30H44N4O5SSi/c1-30(2,21-35)18-24-20-34(22-38-12-14-41(4,5)6)29-28(24)32-27(19-31-29)23-15-25(33-9-7-8-10-33)17-26(16-23)39-11-13-40(3,36)37/h15-17,19-21H,7-14,18,22H2,1-6H3. The number of anilines is 1. The molecule has 0 saturated carbocycles. The molecular formula is C30H44N4O5SSi. The number of fused-ring (bicyclic) bond motifs is 1. The molecule has 4 rings (SSSR count). The Morgan fingerprint density at radius 3 is 2.49 bits per heavy atom. The lowest BCUT2D eigenvalue weighted by molar-refractivity contribution is -0.114. The predicted octanol–water partition coefficient (Wildman–Crippen LogP) is 5.20. The van der Waals surface area contributed by atoms with Crippen molar-refractivity contribution in [3.8, 4) is 17.0 Å². The van der Waals surface area contributed by atoms with Crippen molar-refractivity contribution in [2.75, 3.05) is 43.2 Å². The lowest BCUT2D eigenvalue weighted by atomic mass is 9.88. The van der Waals surface area contributed by atoms with Crippen LogP contribution in [0.5, 0.6) is 5.75 Å². The van der Waals surface area contributed by atoms with Crippen LogP contribution in [0.4, 0.5) is 5.69 Å². The van der Waals surface area contributed by atoms with Crippen LogP contribution in [0.25, 0.3) is 22.4 Å². The van der Waals surface area contributed by atoms with Crippen molar-refractivity contribution in [1.82, 2.24) is 14.5 Å². The smallest absolute Gasteiger partial charge is 0.160 e. The fourth-order valence-electron chi connectivity index (χ4n) is 4.84. The number of carbonyl (C=O) groups excluding carboxylic acids is 1. The molecule has 11 heteroatoms. The molecular weight excluding hydrogens is 557 g/mol. The lowest BCUT2D eigenvalue weighted by Crippen LogP contribution is -2.22. The topological polar surface area (TPSA) is 104 Å². The van der Waals surface area contributed by atoms with Crippen LogP contribution in [0.15, 0.2) is 30.6 Å². The third-order valence-electron chi connectivity index (χ3n) is 7.21. The van der Waals surface area contributed by atoms with E-state index in [1.165, 1.54) is 6.26 Å². The fraction of sp³-hybridized carbons (Fsp3) is 0.567. The maximum absolute atomic E-state index is 11.8. The second kappa shape index (κ2) is 12.6. The molecule has 0 bridgehead atoms. The van der Waals surface area contributed by atoms with Crippen molar-refractivity contribution in [1.29, 1.82) is 0 Å². The van der Waals surface area contributed by atoms with Gasteiger partial charge in [0, 0.05) is 63.0 Å². The molecule has 0 aliphatic carbocycles. The molecule has 1 fully saturated rings. The van der Waals surface area contributed by atoms with Gasteiger partial charge < -0.3 is 23.7 Å². The maximum atomic E-state index is 11.8. The highest BCUT2D eigenvalue weighted by atomic mass is 32.2. The van der Waals surface area contributed by atoms with Gasteiger partial charge in [-0.1, -0.05) is 33.5 Å². The number of ether oxygens (including phenoxy) is 2. The van der Waals surface area contributed by atoms with Crippen molar-refractivity contribution < 1.29 is 22.7 Å². The number of benzene rings is 1. The summed E-state index contributed by atoms with van der Waals surface area (Å²) >= 11 is 0. The minimum absolute atomic E-state index is 0.0502. The second-order valence-corrected chi connectivity index (χ2v) is 21.0. The van der Waals surface area contributed by atoms with Gasteiger partial charge in [-0.3, -0.25) is 0 Å². The summed E-state index contributed by atoms with van der Waals surface area (Å²) < 4.78 is 37.2. The Morgan fingerprint density at radius 2 is 1.83 bits per heavy atom. The van der Waals surface area contributed by atoms with Gasteiger partial charge in [-0.2, -0.15) is 0 Å². The van der Waals surface area contributed by atoms with Gasteiger partial charge in [0.15, 0.2) is 15.5 Å². The van der Waals surface area contributed by atoms with Crippen molar-refractivity contribution in [3.05, 3.63) is 36.2 Å². The Balaban J connectivity index is 1.70. The van der Waals surface area contributed by atoms with E-state index in [9.17, 15) is 13.2 Å². The van der Waals surface area contributed by atoms with Gasteiger partial charge in [-0.25, -0.2) is 18.4 Å². The monoisotopic (exact) mass is 600 g/mol. The third-order valence-corrected chi connectivity index (χ3v) is 9.83.